The lowest BCUT2D eigenvalue weighted by Crippen LogP contribution is -2.08. The molecule has 0 fully saturated rings. The van der Waals surface area contributed by atoms with Crippen LogP contribution >= 0.6 is 15.9 Å². The average Bonchev–Trinajstić information content (AvgIpc) is 2.81. The van der Waals surface area contributed by atoms with Crippen molar-refractivity contribution in [3.63, 3.8) is 0 Å². The lowest BCUT2D eigenvalue weighted by atomic mass is 10.1. The Bertz CT molecular complexity index is 671. The maximum atomic E-state index is 11.2. The number of nitro groups is 1. The molecule has 0 aliphatic rings. The zero-order chi connectivity index (χ0) is 15.6. The fourth-order valence-corrected chi connectivity index (χ4v) is 2.25. The molecule has 112 valence electrons. The van der Waals surface area contributed by atoms with E-state index >= 15 is 0 Å². The first-order chi connectivity index (χ1) is 9.90. The van der Waals surface area contributed by atoms with E-state index in [-0.39, 0.29) is 18.0 Å². The monoisotopic (exact) mass is 356 g/mol. The van der Waals surface area contributed by atoms with Gasteiger partial charge in [-0.05, 0) is 13.0 Å². The first kappa shape index (κ1) is 15.4. The third kappa shape index (κ3) is 3.37. The summed E-state index contributed by atoms with van der Waals surface area (Å²) < 4.78 is 7.53. The highest BCUT2D eigenvalue weighted by atomic mass is 79.9. The first-order valence-electron chi connectivity index (χ1n) is 6.01. The number of benzene rings is 1. The Morgan fingerprint density at radius 3 is 2.81 bits per heavy atom. The molecule has 1 heterocycles. The van der Waals surface area contributed by atoms with Crippen LogP contribution in [-0.4, -0.2) is 24.8 Å². The Labute approximate surface area is 128 Å². The van der Waals surface area contributed by atoms with E-state index in [1.54, 1.807) is 13.1 Å². The Balaban J connectivity index is 2.40. The average molecular weight is 357 g/mol. The van der Waals surface area contributed by atoms with Gasteiger partial charge in [0, 0.05) is 23.2 Å². The maximum Gasteiger partial charge on any atom is 0.312 e. The van der Waals surface area contributed by atoms with Crippen molar-refractivity contribution in [2.24, 2.45) is 7.05 Å². The third-order valence-electron chi connectivity index (χ3n) is 2.86. The van der Waals surface area contributed by atoms with Crippen molar-refractivity contribution in [2.45, 2.75) is 19.6 Å². The number of aliphatic hydroxyl groups is 1. The second kappa shape index (κ2) is 6.19. The molecule has 2 aromatic rings. The van der Waals surface area contributed by atoms with Gasteiger partial charge in [0.1, 0.15) is 12.9 Å². The van der Waals surface area contributed by atoms with E-state index < -0.39 is 11.0 Å². The van der Waals surface area contributed by atoms with Gasteiger partial charge < -0.3 is 9.84 Å². The molecule has 0 aliphatic carbocycles. The summed E-state index contributed by atoms with van der Waals surface area (Å²) in [6.45, 7) is 1.53. The Hall–Kier alpha value is -2.00. The van der Waals surface area contributed by atoms with Crippen LogP contribution in [0.15, 0.2) is 22.9 Å². The lowest BCUT2D eigenvalue weighted by molar-refractivity contribution is -0.386. The molecule has 0 aliphatic heterocycles. The highest BCUT2D eigenvalue weighted by Gasteiger charge is 2.23. The van der Waals surface area contributed by atoms with Gasteiger partial charge in [-0.2, -0.15) is 5.10 Å². The fourth-order valence-electron chi connectivity index (χ4n) is 1.79. The molecule has 0 bridgehead atoms. The topological polar surface area (TPSA) is 103 Å². The van der Waals surface area contributed by atoms with Crippen LogP contribution in [0.1, 0.15) is 24.4 Å². The van der Waals surface area contributed by atoms with Crippen molar-refractivity contribution in [3.8, 4) is 5.75 Å². The summed E-state index contributed by atoms with van der Waals surface area (Å²) in [5.41, 5.74) is 0.112. The van der Waals surface area contributed by atoms with Crippen LogP contribution in [0.2, 0.25) is 0 Å². The van der Waals surface area contributed by atoms with Crippen molar-refractivity contribution < 1.29 is 14.8 Å². The van der Waals surface area contributed by atoms with Crippen LogP contribution < -0.4 is 4.74 Å². The van der Waals surface area contributed by atoms with Crippen LogP contribution in [0.3, 0.4) is 0 Å². The van der Waals surface area contributed by atoms with E-state index in [0.717, 1.165) is 0 Å². The molecular formula is C12H13BrN4O4. The highest BCUT2D eigenvalue weighted by molar-refractivity contribution is 9.10. The quantitative estimate of drug-likeness (QED) is 0.649. The summed E-state index contributed by atoms with van der Waals surface area (Å²) in [5.74, 6) is 0.546. The number of aromatic nitrogens is 3. The van der Waals surface area contributed by atoms with E-state index in [0.29, 0.717) is 15.9 Å². The van der Waals surface area contributed by atoms with Crippen LogP contribution in [0, 0.1) is 10.1 Å². The normalized spacial score (nSPS) is 12.2. The number of nitro benzene ring substituents is 1. The highest BCUT2D eigenvalue weighted by Crippen LogP contribution is 2.38. The molecule has 8 nitrogen and oxygen atoms in total. The molecule has 1 atom stereocenters. The first-order valence-corrected chi connectivity index (χ1v) is 6.81. The van der Waals surface area contributed by atoms with E-state index in [9.17, 15) is 15.2 Å². The van der Waals surface area contributed by atoms with E-state index in [2.05, 4.69) is 26.0 Å². The maximum absolute atomic E-state index is 11.2. The molecule has 9 heteroatoms. The zero-order valence-corrected chi connectivity index (χ0v) is 12.9. The predicted octanol–water partition coefficient (Wildman–Crippen LogP) is 2.12. The minimum atomic E-state index is -0.907. The molecule has 0 unspecified atom stereocenters. The smallest absolute Gasteiger partial charge is 0.312 e. The Morgan fingerprint density at radius 1 is 1.57 bits per heavy atom. The largest absolute Gasteiger partial charge is 0.478 e. The zero-order valence-electron chi connectivity index (χ0n) is 11.4. The second-order valence-electron chi connectivity index (χ2n) is 4.36. The number of rotatable bonds is 5. The Kier molecular flexibility index (Phi) is 4.53. The molecular weight excluding hydrogens is 344 g/mol. The van der Waals surface area contributed by atoms with Crippen molar-refractivity contribution in [3.05, 3.63) is 44.4 Å². The second-order valence-corrected chi connectivity index (χ2v) is 5.28. The van der Waals surface area contributed by atoms with Crippen molar-refractivity contribution in [1.29, 1.82) is 0 Å². The number of aliphatic hydroxyl groups excluding tert-OH is 1. The number of halogens is 1. The molecule has 0 radical (unpaired) electrons. The molecule has 1 aromatic carbocycles. The summed E-state index contributed by atoms with van der Waals surface area (Å²) in [5, 5.41) is 24.9. The molecule has 0 amide bonds. The molecule has 1 aromatic heterocycles. The fraction of sp³-hybridized carbons (Fsp3) is 0.333. The minimum Gasteiger partial charge on any atom is -0.478 e. The minimum absolute atomic E-state index is 0.0126. The summed E-state index contributed by atoms with van der Waals surface area (Å²) in [4.78, 5) is 14.6. The molecule has 0 saturated heterocycles. The van der Waals surface area contributed by atoms with Gasteiger partial charge >= 0.3 is 5.69 Å². The number of ether oxygens (including phenoxy) is 1. The van der Waals surface area contributed by atoms with Gasteiger partial charge in [-0.3, -0.25) is 14.8 Å². The number of aryl methyl sites for hydroxylation is 1. The summed E-state index contributed by atoms with van der Waals surface area (Å²) >= 11 is 3.19. The standard InChI is InChI=1S/C12H13BrN4O4/c1-7(18)9-3-8(13)4-10(17(19)20)12(9)21-5-11-14-6-15-16(11)2/h3-4,6-7,18H,5H2,1-2H3/t7-/m0/s1. The molecule has 0 saturated carbocycles. The van der Waals surface area contributed by atoms with Crippen LogP contribution in [0.5, 0.6) is 5.75 Å². The van der Waals surface area contributed by atoms with Gasteiger partial charge in [-0.25, -0.2) is 4.98 Å². The van der Waals surface area contributed by atoms with Crippen LogP contribution in [0.25, 0.3) is 0 Å². The number of hydrogen-bond donors (Lipinski definition) is 1. The molecule has 1 N–H and O–H groups in total. The number of hydrogen-bond acceptors (Lipinski definition) is 6. The van der Waals surface area contributed by atoms with Crippen molar-refractivity contribution in [2.75, 3.05) is 0 Å². The number of nitrogens with zero attached hydrogens (tertiary/aromatic N) is 4. The van der Waals surface area contributed by atoms with Gasteiger partial charge in [-0.1, -0.05) is 15.9 Å². The van der Waals surface area contributed by atoms with Gasteiger partial charge in [0.25, 0.3) is 0 Å². The molecule has 0 spiro atoms. The molecule has 21 heavy (non-hydrogen) atoms. The van der Waals surface area contributed by atoms with E-state index in [4.69, 9.17) is 4.74 Å². The van der Waals surface area contributed by atoms with Crippen LogP contribution in [0.4, 0.5) is 5.69 Å². The van der Waals surface area contributed by atoms with E-state index in [1.807, 2.05) is 0 Å². The SMILES string of the molecule is C[C@H](O)c1cc(Br)cc([N+](=O)[O-])c1OCc1ncnn1C. The summed E-state index contributed by atoms with van der Waals surface area (Å²) in [6, 6.07) is 2.92. The van der Waals surface area contributed by atoms with Gasteiger partial charge in [-0.15, -0.1) is 0 Å². The summed E-state index contributed by atoms with van der Waals surface area (Å²) in [6.07, 6.45) is 0.459. The van der Waals surface area contributed by atoms with Gasteiger partial charge in [0.2, 0.25) is 5.75 Å². The van der Waals surface area contributed by atoms with Gasteiger partial charge in [0.15, 0.2) is 5.82 Å². The van der Waals surface area contributed by atoms with Crippen molar-refractivity contribution in [1.82, 2.24) is 14.8 Å². The third-order valence-corrected chi connectivity index (χ3v) is 3.32. The lowest BCUT2D eigenvalue weighted by Gasteiger charge is -2.14. The molecule has 2 rings (SSSR count). The van der Waals surface area contributed by atoms with Crippen molar-refractivity contribution >= 4 is 21.6 Å². The van der Waals surface area contributed by atoms with Gasteiger partial charge in [0.05, 0.1) is 11.0 Å². The van der Waals surface area contributed by atoms with E-state index in [1.165, 1.54) is 24.0 Å². The summed E-state index contributed by atoms with van der Waals surface area (Å²) in [7, 11) is 1.69. The predicted molar refractivity (Wildman–Crippen MR) is 76.8 cm³/mol. The Morgan fingerprint density at radius 2 is 2.29 bits per heavy atom. The van der Waals surface area contributed by atoms with Crippen LogP contribution in [-0.2, 0) is 13.7 Å².